The van der Waals surface area contributed by atoms with Gasteiger partial charge in [-0.1, -0.05) is 51.1 Å². The second-order valence-corrected chi connectivity index (χ2v) is 5.43. The quantitative estimate of drug-likeness (QED) is 0.508. The predicted molar refractivity (Wildman–Crippen MR) is 75.9 cm³/mol. The van der Waals surface area contributed by atoms with E-state index in [1.807, 2.05) is 30.3 Å². The number of alkyl halides is 1. The number of hydrazone groups is 1. The van der Waals surface area contributed by atoms with Crippen LogP contribution in [0.1, 0.15) is 32.8 Å². The van der Waals surface area contributed by atoms with Gasteiger partial charge in [-0.05, 0) is 5.56 Å². The molecule has 4 heteroatoms. The third kappa shape index (κ3) is 4.49. The molecule has 3 nitrogen and oxygen atoms in total. The molecular formula is C14H19ClN2O. The molecule has 0 aliphatic rings. The van der Waals surface area contributed by atoms with Crippen molar-refractivity contribution >= 4 is 23.2 Å². The van der Waals surface area contributed by atoms with E-state index in [9.17, 15) is 4.79 Å². The van der Waals surface area contributed by atoms with Crippen LogP contribution >= 0.6 is 11.6 Å². The summed E-state index contributed by atoms with van der Waals surface area (Å²) in [5, 5.41) is 4.24. The SMILES string of the molecule is CC(C)(C)C(=NNC(=O)CCCl)c1ccccc1. The molecule has 0 fully saturated rings. The minimum atomic E-state index is -0.164. The average Bonchev–Trinajstić information content (AvgIpc) is 2.29. The highest BCUT2D eigenvalue weighted by molar-refractivity contribution is 6.18. The van der Waals surface area contributed by atoms with Crippen molar-refractivity contribution in [2.24, 2.45) is 10.5 Å². The van der Waals surface area contributed by atoms with Crippen molar-refractivity contribution in [2.75, 3.05) is 5.88 Å². The minimum absolute atomic E-state index is 0.143. The van der Waals surface area contributed by atoms with Gasteiger partial charge in [-0.25, -0.2) is 5.43 Å². The van der Waals surface area contributed by atoms with E-state index < -0.39 is 0 Å². The summed E-state index contributed by atoms with van der Waals surface area (Å²) in [7, 11) is 0. The summed E-state index contributed by atoms with van der Waals surface area (Å²) in [5.74, 6) is 0.139. The summed E-state index contributed by atoms with van der Waals surface area (Å²) in [4.78, 5) is 11.4. The number of hydrogen-bond acceptors (Lipinski definition) is 2. The second-order valence-electron chi connectivity index (χ2n) is 5.05. The molecule has 0 unspecified atom stereocenters. The van der Waals surface area contributed by atoms with Crippen LogP contribution in [-0.4, -0.2) is 17.5 Å². The first-order chi connectivity index (χ1) is 8.45. The fourth-order valence-corrected chi connectivity index (χ4v) is 1.69. The molecule has 0 aliphatic heterocycles. The molecule has 0 aromatic heterocycles. The molecule has 1 aromatic carbocycles. The molecular weight excluding hydrogens is 248 g/mol. The molecule has 0 radical (unpaired) electrons. The van der Waals surface area contributed by atoms with Crippen LogP contribution in [0.5, 0.6) is 0 Å². The topological polar surface area (TPSA) is 41.5 Å². The Kier molecular flexibility index (Phi) is 5.35. The number of amides is 1. The van der Waals surface area contributed by atoms with E-state index in [-0.39, 0.29) is 17.7 Å². The first kappa shape index (κ1) is 14.7. The summed E-state index contributed by atoms with van der Waals surface area (Å²) in [5.41, 5.74) is 4.27. The number of nitrogens with one attached hydrogen (secondary N) is 1. The number of rotatable bonds is 4. The zero-order chi connectivity index (χ0) is 13.6. The van der Waals surface area contributed by atoms with Crippen molar-refractivity contribution < 1.29 is 4.79 Å². The Hall–Kier alpha value is -1.35. The lowest BCUT2D eigenvalue weighted by Gasteiger charge is -2.21. The van der Waals surface area contributed by atoms with Gasteiger partial charge < -0.3 is 0 Å². The molecule has 0 heterocycles. The van der Waals surface area contributed by atoms with Gasteiger partial charge in [0, 0.05) is 17.7 Å². The molecule has 0 bridgehead atoms. The van der Waals surface area contributed by atoms with Crippen LogP contribution in [0.2, 0.25) is 0 Å². The highest BCUT2D eigenvalue weighted by Gasteiger charge is 2.21. The van der Waals surface area contributed by atoms with E-state index in [0.717, 1.165) is 11.3 Å². The van der Waals surface area contributed by atoms with Crippen LogP contribution in [-0.2, 0) is 4.79 Å². The molecule has 1 amide bonds. The summed E-state index contributed by atoms with van der Waals surface area (Å²) >= 11 is 5.51. The van der Waals surface area contributed by atoms with Gasteiger partial charge in [-0.3, -0.25) is 4.79 Å². The van der Waals surface area contributed by atoms with Gasteiger partial charge in [-0.15, -0.1) is 11.6 Å². The molecule has 0 saturated carbocycles. The van der Waals surface area contributed by atoms with Crippen LogP contribution < -0.4 is 5.43 Å². The maximum Gasteiger partial charge on any atom is 0.241 e. The van der Waals surface area contributed by atoms with Crippen LogP contribution in [0.25, 0.3) is 0 Å². The Morgan fingerprint density at radius 2 is 1.89 bits per heavy atom. The van der Waals surface area contributed by atoms with E-state index in [0.29, 0.717) is 5.88 Å². The summed E-state index contributed by atoms with van der Waals surface area (Å²) in [6.45, 7) is 6.19. The number of carbonyl (C=O) groups is 1. The number of benzene rings is 1. The van der Waals surface area contributed by atoms with Gasteiger partial charge in [0.1, 0.15) is 0 Å². The van der Waals surface area contributed by atoms with Crippen LogP contribution in [0.3, 0.4) is 0 Å². The third-order valence-electron chi connectivity index (χ3n) is 2.37. The standard InChI is InChI=1S/C14H19ClN2O/c1-14(2,3)13(11-7-5-4-6-8-11)17-16-12(18)9-10-15/h4-8H,9-10H2,1-3H3,(H,16,18). The number of carbonyl (C=O) groups excluding carboxylic acids is 1. The van der Waals surface area contributed by atoms with E-state index in [1.54, 1.807) is 0 Å². The Morgan fingerprint density at radius 3 is 2.39 bits per heavy atom. The van der Waals surface area contributed by atoms with Crippen LogP contribution in [0, 0.1) is 5.41 Å². The average molecular weight is 267 g/mol. The lowest BCUT2D eigenvalue weighted by Crippen LogP contribution is -2.27. The Balaban J connectivity index is 2.94. The maximum atomic E-state index is 11.4. The van der Waals surface area contributed by atoms with E-state index in [1.165, 1.54) is 0 Å². The third-order valence-corrected chi connectivity index (χ3v) is 2.56. The van der Waals surface area contributed by atoms with Crippen molar-refractivity contribution in [3.05, 3.63) is 35.9 Å². The fourth-order valence-electron chi connectivity index (χ4n) is 1.52. The zero-order valence-corrected chi connectivity index (χ0v) is 11.8. The van der Waals surface area contributed by atoms with Gasteiger partial charge in [0.25, 0.3) is 0 Å². The molecule has 1 N–H and O–H groups in total. The van der Waals surface area contributed by atoms with Gasteiger partial charge in [-0.2, -0.15) is 5.10 Å². The van der Waals surface area contributed by atoms with E-state index in [2.05, 4.69) is 31.3 Å². The van der Waals surface area contributed by atoms with E-state index in [4.69, 9.17) is 11.6 Å². The minimum Gasteiger partial charge on any atom is -0.273 e. The summed E-state index contributed by atoms with van der Waals surface area (Å²) < 4.78 is 0. The molecule has 0 saturated heterocycles. The normalized spacial score (nSPS) is 12.3. The van der Waals surface area contributed by atoms with Crippen molar-refractivity contribution in [3.63, 3.8) is 0 Å². The van der Waals surface area contributed by atoms with Crippen LogP contribution in [0.15, 0.2) is 35.4 Å². The lowest BCUT2D eigenvalue weighted by molar-refractivity contribution is -0.120. The predicted octanol–water partition coefficient (Wildman–Crippen LogP) is 3.18. The number of halogens is 1. The largest absolute Gasteiger partial charge is 0.273 e. The van der Waals surface area contributed by atoms with Gasteiger partial charge in [0.2, 0.25) is 5.91 Å². The first-order valence-corrected chi connectivity index (χ1v) is 6.47. The lowest BCUT2D eigenvalue weighted by atomic mass is 9.86. The van der Waals surface area contributed by atoms with Gasteiger partial charge in [0.05, 0.1) is 5.71 Å². The molecule has 1 rings (SSSR count). The van der Waals surface area contributed by atoms with Gasteiger partial charge >= 0.3 is 0 Å². The number of hydrogen-bond donors (Lipinski definition) is 1. The summed E-state index contributed by atoms with van der Waals surface area (Å²) in [6.07, 6.45) is 0.275. The highest BCUT2D eigenvalue weighted by Crippen LogP contribution is 2.21. The van der Waals surface area contributed by atoms with Crippen molar-refractivity contribution in [2.45, 2.75) is 27.2 Å². The second kappa shape index (κ2) is 6.55. The fraction of sp³-hybridized carbons (Fsp3) is 0.429. The molecule has 0 spiro atoms. The number of nitrogens with zero attached hydrogens (tertiary/aromatic N) is 1. The Morgan fingerprint density at radius 1 is 1.28 bits per heavy atom. The molecule has 1 aromatic rings. The first-order valence-electron chi connectivity index (χ1n) is 5.93. The maximum absolute atomic E-state index is 11.4. The molecule has 0 atom stereocenters. The smallest absolute Gasteiger partial charge is 0.241 e. The van der Waals surface area contributed by atoms with Crippen molar-refractivity contribution in [3.8, 4) is 0 Å². The van der Waals surface area contributed by atoms with Crippen molar-refractivity contribution in [1.82, 2.24) is 5.43 Å². The Labute approximate surface area is 113 Å². The molecule has 98 valence electrons. The zero-order valence-electron chi connectivity index (χ0n) is 11.0. The molecule has 0 aliphatic carbocycles. The molecule has 18 heavy (non-hydrogen) atoms. The monoisotopic (exact) mass is 266 g/mol. The summed E-state index contributed by atoms with van der Waals surface area (Å²) in [6, 6.07) is 9.83. The highest BCUT2D eigenvalue weighted by atomic mass is 35.5. The Bertz CT molecular complexity index is 421. The van der Waals surface area contributed by atoms with E-state index >= 15 is 0 Å². The van der Waals surface area contributed by atoms with Crippen LogP contribution in [0.4, 0.5) is 0 Å². The van der Waals surface area contributed by atoms with Gasteiger partial charge in [0.15, 0.2) is 0 Å². The van der Waals surface area contributed by atoms with Crippen molar-refractivity contribution in [1.29, 1.82) is 0 Å².